The number of hydrogen-bond acceptors (Lipinski definition) is 2. The second kappa shape index (κ2) is 5.64. The molecule has 1 aromatic carbocycles. The first-order valence-electron chi connectivity index (χ1n) is 5.10. The second-order valence-electron chi connectivity index (χ2n) is 3.87. The molecule has 0 spiro atoms. The van der Waals surface area contributed by atoms with E-state index < -0.39 is 0 Å². The number of methoxy groups -OCH3 is 1. The van der Waals surface area contributed by atoms with Crippen molar-refractivity contribution in [1.82, 2.24) is 0 Å². The Morgan fingerprint density at radius 2 is 2.06 bits per heavy atom. The molecule has 0 radical (unpaired) electrons. The standard InChI is InChI=1S/C12H16BrNOS/c1-7(8(2)12(14)16)9-4-5-11(15-3)10(13)6-9/h4-8H,1-3H3,(H2,14,16). The first kappa shape index (κ1) is 13.5. The van der Waals surface area contributed by atoms with Gasteiger partial charge in [-0.25, -0.2) is 0 Å². The van der Waals surface area contributed by atoms with Crippen LogP contribution in [0.4, 0.5) is 0 Å². The van der Waals surface area contributed by atoms with E-state index in [2.05, 4.69) is 28.9 Å². The van der Waals surface area contributed by atoms with E-state index in [1.54, 1.807) is 7.11 Å². The van der Waals surface area contributed by atoms with Crippen LogP contribution < -0.4 is 10.5 Å². The average molecular weight is 302 g/mol. The smallest absolute Gasteiger partial charge is 0.133 e. The van der Waals surface area contributed by atoms with E-state index in [1.165, 1.54) is 5.56 Å². The van der Waals surface area contributed by atoms with E-state index >= 15 is 0 Å². The van der Waals surface area contributed by atoms with Gasteiger partial charge in [0.25, 0.3) is 0 Å². The summed E-state index contributed by atoms with van der Waals surface area (Å²) in [5.74, 6) is 1.33. The lowest BCUT2D eigenvalue weighted by molar-refractivity contribution is 0.411. The van der Waals surface area contributed by atoms with Crippen molar-refractivity contribution < 1.29 is 4.74 Å². The molecule has 0 bridgehead atoms. The van der Waals surface area contributed by atoms with Crippen molar-refractivity contribution in [3.8, 4) is 5.75 Å². The van der Waals surface area contributed by atoms with Gasteiger partial charge in [0.05, 0.1) is 16.6 Å². The highest BCUT2D eigenvalue weighted by Gasteiger charge is 2.17. The van der Waals surface area contributed by atoms with Crippen LogP contribution in [0.2, 0.25) is 0 Å². The van der Waals surface area contributed by atoms with Crippen LogP contribution >= 0.6 is 28.1 Å². The summed E-state index contributed by atoms with van der Waals surface area (Å²) >= 11 is 8.49. The molecule has 16 heavy (non-hydrogen) atoms. The highest BCUT2D eigenvalue weighted by molar-refractivity contribution is 9.10. The molecule has 0 aliphatic heterocycles. The van der Waals surface area contributed by atoms with E-state index in [-0.39, 0.29) is 5.92 Å². The average Bonchev–Trinajstić information content (AvgIpc) is 2.26. The Morgan fingerprint density at radius 3 is 2.50 bits per heavy atom. The first-order valence-corrected chi connectivity index (χ1v) is 6.30. The fraction of sp³-hybridized carbons (Fsp3) is 0.417. The molecule has 0 saturated carbocycles. The second-order valence-corrected chi connectivity index (χ2v) is 5.20. The maximum atomic E-state index is 5.66. The van der Waals surface area contributed by atoms with Crippen molar-refractivity contribution in [2.75, 3.05) is 7.11 Å². The minimum Gasteiger partial charge on any atom is -0.496 e. The molecule has 0 aliphatic rings. The predicted octanol–water partition coefficient (Wildman–Crippen LogP) is 3.48. The molecule has 0 aliphatic carbocycles. The molecule has 2 atom stereocenters. The minimum atomic E-state index is 0.190. The van der Waals surface area contributed by atoms with Crippen molar-refractivity contribution in [2.45, 2.75) is 19.8 Å². The molecular weight excluding hydrogens is 286 g/mol. The Bertz CT molecular complexity index is 395. The molecule has 0 aromatic heterocycles. The third-order valence-corrected chi connectivity index (χ3v) is 3.89. The number of thiocarbonyl (C=S) groups is 1. The summed E-state index contributed by atoms with van der Waals surface area (Å²) in [5, 5.41) is 0. The fourth-order valence-corrected chi connectivity index (χ4v) is 2.26. The van der Waals surface area contributed by atoms with Gasteiger partial charge < -0.3 is 10.5 Å². The molecule has 1 aromatic rings. The molecule has 2 nitrogen and oxygen atoms in total. The van der Waals surface area contributed by atoms with Crippen LogP contribution in [0.3, 0.4) is 0 Å². The summed E-state index contributed by atoms with van der Waals surface area (Å²) in [7, 11) is 1.65. The molecule has 88 valence electrons. The van der Waals surface area contributed by atoms with Gasteiger partial charge in [0.1, 0.15) is 5.75 Å². The molecule has 1 rings (SSSR count). The van der Waals surface area contributed by atoms with Crippen LogP contribution in [0.25, 0.3) is 0 Å². The van der Waals surface area contributed by atoms with Gasteiger partial charge in [0.15, 0.2) is 0 Å². The maximum absolute atomic E-state index is 5.66. The van der Waals surface area contributed by atoms with Gasteiger partial charge in [-0.1, -0.05) is 32.1 Å². The summed E-state index contributed by atoms with van der Waals surface area (Å²) < 4.78 is 6.14. The molecule has 0 fully saturated rings. The highest BCUT2D eigenvalue weighted by Crippen LogP contribution is 2.31. The fourth-order valence-electron chi connectivity index (χ4n) is 1.50. The Hall–Kier alpha value is -0.610. The highest BCUT2D eigenvalue weighted by atomic mass is 79.9. The zero-order chi connectivity index (χ0) is 12.3. The largest absolute Gasteiger partial charge is 0.496 e. The van der Waals surface area contributed by atoms with Gasteiger partial charge in [-0.3, -0.25) is 0 Å². The van der Waals surface area contributed by atoms with E-state index in [4.69, 9.17) is 22.7 Å². The Kier molecular flexibility index (Phi) is 4.74. The van der Waals surface area contributed by atoms with Crippen LogP contribution in [-0.4, -0.2) is 12.1 Å². The SMILES string of the molecule is COc1ccc(C(C)C(C)C(N)=S)cc1Br. The molecule has 0 amide bonds. The lowest BCUT2D eigenvalue weighted by Gasteiger charge is -2.19. The number of rotatable bonds is 4. The Balaban J connectivity index is 2.97. The van der Waals surface area contributed by atoms with Gasteiger partial charge >= 0.3 is 0 Å². The van der Waals surface area contributed by atoms with Gasteiger partial charge in [-0.05, 0) is 39.5 Å². The predicted molar refractivity (Wildman–Crippen MR) is 75.1 cm³/mol. The minimum absolute atomic E-state index is 0.190. The van der Waals surface area contributed by atoms with Gasteiger partial charge in [-0.15, -0.1) is 0 Å². The van der Waals surface area contributed by atoms with Crippen molar-refractivity contribution in [3.05, 3.63) is 28.2 Å². The van der Waals surface area contributed by atoms with Gasteiger partial charge in [-0.2, -0.15) is 0 Å². The van der Waals surface area contributed by atoms with Crippen molar-refractivity contribution in [2.24, 2.45) is 11.7 Å². The van der Waals surface area contributed by atoms with Crippen molar-refractivity contribution in [3.63, 3.8) is 0 Å². The molecule has 2 N–H and O–H groups in total. The summed E-state index contributed by atoms with van der Waals surface area (Å²) in [4.78, 5) is 0.555. The monoisotopic (exact) mass is 301 g/mol. The maximum Gasteiger partial charge on any atom is 0.133 e. The van der Waals surface area contributed by atoms with Crippen LogP contribution in [0.15, 0.2) is 22.7 Å². The zero-order valence-corrected chi connectivity index (χ0v) is 12.1. The van der Waals surface area contributed by atoms with Crippen LogP contribution in [0, 0.1) is 5.92 Å². The molecule has 2 unspecified atom stereocenters. The Morgan fingerprint density at radius 1 is 1.44 bits per heavy atom. The van der Waals surface area contributed by atoms with E-state index in [0.717, 1.165) is 10.2 Å². The topological polar surface area (TPSA) is 35.2 Å². The van der Waals surface area contributed by atoms with E-state index in [9.17, 15) is 0 Å². The number of ether oxygens (including phenoxy) is 1. The zero-order valence-electron chi connectivity index (χ0n) is 9.66. The number of hydrogen-bond donors (Lipinski definition) is 1. The molecular formula is C12H16BrNOS. The third-order valence-electron chi connectivity index (χ3n) is 2.90. The quantitative estimate of drug-likeness (QED) is 0.865. The van der Waals surface area contributed by atoms with Crippen LogP contribution in [-0.2, 0) is 0 Å². The lowest BCUT2D eigenvalue weighted by Crippen LogP contribution is -2.23. The number of halogens is 1. The van der Waals surface area contributed by atoms with Gasteiger partial charge in [0, 0.05) is 5.92 Å². The van der Waals surface area contributed by atoms with E-state index in [0.29, 0.717) is 10.9 Å². The summed E-state index contributed by atoms with van der Waals surface area (Å²) in [6.45, 7) is 4.17. The summed E-state index contributed by atoms with van der Waals surface area (Å²) in [6.07, 6.45) is 0. The third kappa shape index (κ3) is 2.95. The van der Waals surface area contributed by atoms with Crippen molar-refractivity contribution in [1.29, 1.82) is 0 Å². The van der Waals surface area contributed by atoms with E-state index in [1.807, 2.05) is 19.1 Å². The summed E-state index contributed by atoms with van der Waals surface area (Å²) in [6, 6.07) is 6.05. The van der Waals surface area contributed by atoms with Crippen LogP contribution in [0.5, 0.6) is 5.75 Å². The summed E-state index contributed by atoms with van der Waals surface area (Å²) in [5.41, 5.74) is 6.87. The molecule has 0 heterocycles. The van der Waals surface area contributed by atoms with Gasteiger partial charge in [0.2, 0.25) is 0 Å². The first-order chi connectivity index (χ1) is 7.47. The Labute approximate surface area is 110 Å². The normalized spacial score (nSPS) is 14.2. The van der Waals surface area contributed by atoms with Crippen LogP contribution in [0.1, 0.15) is 25.3 Å². The van der Waals surface area contributed by atoms with Crippen molar-refractivity contribution >= 4 is 33.1 Å². The lowest BCUT2D eigenvalue weighted by atomic mass is 9.89. The molecule has 0 saturated heterocycles. The number of nitrogens with two attached hydrogens (primary N) is 1. The number of benzene rings is 1. The molecule has 4 heteroatoms.